The molecule has 47 heavy (non-hydrogen) atoms. The van der Waals surface area contributed by atoms with E-state index in [0.29, 0.717) is 17.8 Å². The molecule has 2 aliphatic carbocycles. The average molecular weight is 613 g/mol. The molecule has 1 amide bonds. The van der Waals surface area contributed by atoms with Crippen molar-refractivity contribution in [3.8, 4) is 22.5 Å². The predicted molar refractivity (Wildman–Crippen MR) is 193 cm³/mol. The van der Waals surface area contributed by atoms with Gasteiger partial charge in [0, 0.05) is 27.6 Å². The molecule has 1 unspecified atom stereocenters. The van der Waals surface area contributed by atoms with Crippen LogP contribution in [0.2, 0.25) is 0 Å². The number of anilines is 2. The van der Waals surface area contributed by atoms with Gasteiger partial charge in [0.1, 0.15) is 5.82 Å². The van der Waals surface area contributed by atoms with Crippen molar-refractivity contribution >= 4 is 39.1 Å². The number of nitrogens with one attached hydrogen (secondary N) is 1. The molecule has 5 nitrogen and oxygen atoms in total. The lowest BCUT2D eigenvalue weighted by atomic mass is 9.59. The van der Waals surface area contributed by atoms with E-state index in [0.717, 1.165) is 45.3 Å². The lowest BCUT2D eigenvalue weighted by molar-refractivity contribution is -0.114. The first-order chi connectivity index (χ1) is 22.7. The maximum atomic E-state index is 12.0. The van der Waals surface area contributed by atoms with Crippen LogP contribution < -0.4 is 11.1 Å². The Balaban J connectivity index is 1.27. The van der Waals surface area contributed by atoms with E-state index in [-0.39, 0.29) is 10.8 Å². The second kappa shape index (κ2) is 10.8. The van der Waals surface area contributed by atoms with Gasteiger partial charge in [-0.3, -0.25) is 4.79 Å². The van der Waals surface area contributed by atoms with Gasteiger partial charge in [-0.05, 0) is 87.2 Å². The number of nitrogens with two attached hydrogens (primary N) is 1. The first-order valence-corrected chi connectivity index (χ1v) is 16.2. The number of fused-ring (bicyclic) bond motifs is 5. The van der Waals surface area contributed by atoms with Crippen LogP contribution in [0.3, 0.4) is 0 Å². The number of rotatable bonds is 5. The average Bonchev–Trinajstić information content (AvgIpc) is 3.45. The van der Waals surface area contributed by atoms with E-state index in [1.807, 2.05) is 12.2 Å². The SMILES string of the molecule is CC(C)(C)C1(c2ccc3nc(-c4ccc5ccccc5c4)nc(Nc4ccc5c(c4)Cc4ccccc4-5)c3c2)C=CC(C(N)=O)=CC1. The third-order valence-electron chi connectivity index (χ3n) is 10.1. The van der Waals surface area contributed by atoms with Gasteiger partial charge in [0.25, 0.3) is 0 Å². The van der Waals surface area contributed by atoms with Gasteiger partial charge in [0.2, 0.25) is 5.91 Å². The molecule has 0 saturated heterocycles. The Morgan fingerprint density at radius 3 is 2.38 bits per heavy atom. The van der Waals surface area contributed by atoms with Gasteiger partial charge in [-0.1, -0.05) is 112 Å². The third kappa shape index (κ3) is 4.90. The number of allylic oxidation sites excluding steroid dienone is 2. The normalized spacial score (nSPS) is 17.0. The van der Waals surface area contributed by atoms with Crippen molar-refractivity contribution in [2.24, 2.45) is 11.1 Å². The molecule has 230 valence electrons. The van der Waals surface area contributed by atoms with E-state index < -0.39 is 5.91 Å². The molecule has 1 heterocycles. The Hall–Kier alpha value is -5.55. The maximum absolute atomic E-state index is 12.0. The number of carbonyl (C=O) groups excluding carboxylic acids is 1. The van der Waals surface area contributed by atoms with E-state index in [4.69, 9.17) is 15.7 Å². The largest absolute Gasteiger partial charge is 0.366 e. The third-order valence-corrected chi connectivity index (χ3v) is 10.1. The first-order valence-electron chi connectivity index (χ1n) is 16.2. The van der Waals surface area contributed by atoms with E-state index in [2.05, 4.69) is 135 Å². The number of nitrogens with zero attached hydrogens (tertiary/aromatic N) is 2. The Labute approximate surface area is 274 Å². The number of carbonyl (C=O) groups is 1. The van der Waals surface area contributed by atoms with Crippen LogP contribution in [0.5, 0.6) is 0 Å². The monoisotopic (exact) mass is 612 g/mol. The van der Waals surface area contributed by atoms with Crippen molar-refractivity contribution in [1.29, 1.82) is 0 Å². The van der Waals surface area contributed by atoms with Gasteiger partial charge in [-0.2, -0.15) is 0 Å². The van der Waals surface area contributed by atoms with Crippen LogP contribution in [0.15, 0.2) is 127 Å². The van der Waals surface area contributed by atoms with E-state index >= 15 is 0 Å². The highest BCUT2D eigenvalue weighted by atomic mass is 16.1. The highest BCUT2D eigenvalue weighted by Crippen LogP contribution is 2.49. The lowest BCUT2D eigenvalue weighted by Crippen LogP contribution is -2.39. The summed E-state index contributed by atoms with van der Waals surface area (Å²) < 4.78 is 0. The van der Waals surface area contributed by atoms with Gasteiger partial charge >= 0.3 is 0 Å². The lowest BCUT2D eigenvalue weighted by Gasteiger charge is -2.44. The highest BCUT2D eigenvalue weighted by molar-refractivity contribution is 5.96. The molecule has 0 fully saturated rings. The van der Waals surface area contributed by atoms with Crippen molar-refractivity contribution in [2.75, 3.05) is 5.32 Å². The molecule has 1 aromatic heterocycles. The Morgan fingerprint density at radius 1 is 0.809 bits per heavy atom. The Kier molecular flexibility index (Phi) is 6.62. The number of primary amides is 1. The molecule has 0 radical (unpaired) electrons. The standard InChI is InChI=1S/C42H36N4O/c1-41(2,3)42(20-18-27(19-21-42)38(43)47)32-14-17-37-36(25-32)40(46-39(45-37)30-13-12-26-8-4-5-9-28(26)22-30)44-33-15-16-35-31(24-33)23-29-10-6-7-11-34(29)35/h4-20,22,24-25H,21,23H2,1-3H3,(H2,43,47)(H,44,45,46). The summed E-state index contributed by atoms with van der Waals surface area (Å²) in [5, 5.41) is 6.98. The van der Waals surface area contributed by atoms with Crippen molar-refractivity contribution in [3.63, 3.8) is 0 Å². The molecular formula is C42H36N4O. The second-order valence-corrected chi connectivity index (χ2v) is 13.8. The maximum Gasteiger partial charge on any atom is 0.248 e. The number of amides is 1. The van der Waals surface area contributed by atoms with Crippen LogP contribution in [-0.4, -0.2) is 15.9 Å². The summed E-state index contributed by atoms with van der Waals surface area (Å²) in [5.74, 6) is 1.03. The summed E-state index contributed by atoms with van der Waals surface area (Å²) in [4.78, 5) is 22.3. The summed E-state index contributed by atoms with van der Waals surface area (Å²) in [7, 11) is 0. The molecule has 5 heteroatoms. The van der Waals surface area contributed by atoms with Crippen molar-refractivity contribution in [2.45, 2.75) is 39.0 Å². The fraction of sp³-hybridized carbons (Fsp3) is 0.167. The minimum atomic E-state index is -0.402. The second-order valence-electron chi connectivity index (χ2n) is 13.8. The molecular weight excluding hydrogens is 576 g/mol. The highest BCUT2D eigenvalue weighted by Gasteiger charge is 2.42. The van der Waals surface area contributed by atoms with Gasteiger partial charge in [0.05, 0.1) is 5.52 Å². The number of hydrogen-bond donors (Lipinski definition) is 2. The molecule has 0 spiro atoms. The Bertz CT molecular complexity index is 2310. The summed E-state index contributed by atoms with van der Waals surface area (Å²) in [6.07, 6.45) is 7.59. The molecule has 1 atom stereocenters. The van der Waals surface area contributed by atoms with E-state index in [1.54, 1.807) is 0 Å². The van der Waals surface area contributed by atoms with Crippen LogP contribution in [0.1, 0.15) is 43.9 Å². The smallest absolute Gasteiger partial charge is 0.248 e. The number of benzene rings is 5. The van der Waals surface area contributed by atoms with Gasteiger partial charge in [-0.25, -0.2) is 9.97 Å². The first kappa shape index (κ1) is 28.9. The fourth-order valence-electron chi connectivity index (χ4n) is 7.34. The van der Waals surface area contributed by atoms with Crippen LogP contribution in [0, 0.1) is 5.41 Å². The van der Waals surface area contributed by atoms with E-state index in [1.165, 1.54) is 27.6 Å². The van der Waals surface area contributed by atoms with Crippen LogP contribution in [-0.2, 0) is 16.6 Å². The molecule has 2 aliphatic rings. The van der Waals surface area contributed by atoms with E-state index in [9.17, 15) is 4.79 Å². The molecule has 5 aromatic carbocycles. The zero-order valence-electron chi connectivity index (χ0n) is 26.8. The number of hydrogen-bond acceptors (Lipinski definition) is 4. The molecule has 0 bridgehead atoms. The predicted octanol–water partition coefficient (Wildman–Crippen LogP) is 9.42. The fourth-order valence-corrected chi connectivity index (χ4v) is 7.34. The van der Waals surface area contributed by atoms with Gasteiger partial charge < -0.3 is 11.1 Å². The zero-order valence-corrected chi connectivity index (χ0v) is 26.8. The van der Waals surface area contributed by atoms with Crippen LogP contribution >= 0.6 is 0 Å². The minimum Gasteiger partial charge on any atom is -0.366 e. The van der Waals surface area contributed by atoms with Crippen molar-refractivity contribution < 1.29 is 4.79 Å². The topological polar surface area (TPSA) is 80.9 Å². The summed E-state index contributed by atoms with van der Waals surface area (Å²) in [6, 6.07) is 36.5. The van der Waals surface area contributed by atoms with Crippen LogP contribution in [0.4, 0.5) is 11.5 Å². The quantitative estimate of drug-likeness (QED) is 0.203. The summed E-state index contributed by atoms with van der Waals surface area (Å²) in [5.41, 5.74) is 14.9. The van der Waals surface area contributed by atoms with Gasteiger partial charge in [-0.15, -0.1) is 0 Å². The zero-order chi connectivity index (χ0) is 32.3. The summed E-state index contributed by atoms with van der Waals surface area (Å²) >= 11 is 0. The van der Waals surface area contributed by atoms with Crippen molar-refractivity contribution in [1.82, 2.24) is 9.97 Å². The molecule has 3 N–H and O–H groups in total. The van der Waals surface area contributed by atoms with Gasteiger partial charge in [0.15, 0.2) is 5.82 Å². The molecule has 8 rings (SSSR count). The number of aromatic nitrogens is 2. The minimum absolute atomic E-state index is 0.147. The molecule has 6 aromatic rings. The Morgan fingerprint density at radius 2 is 1.60 bits per heavy atom. The van der Waals surface area contributed by atoms with Crippen molar-refractivity contribution in [3.05, 3.63) is 144 Å². The molecule has 0 aliphatic heterocycles. The molecule has 0 saturated carbocycles. The summed E-state index contributed by atoms with van der Waals surface area (Å²) in [6.45, 7) is 6.73. The van der Waals surface area contributed by atoms with Crippen LogP contribution in [0.25, 0.3) is 44.2 Å².